The number of ether oxygens (including phenoxy) is 3. The number of hydrogen-bond donors (Lipinski definition) is 1. The van der Waals surface area contributed by atoms with Crippen molar-refractivity contribution in [3.05, 3.63) is 54.4 Å². The Bertz CT molecular complexity index is 1240. The topological polar surface area (TPSA) is 77.8 Å². The molecular formula is C27H30N4O4. The number of anilines is 1. The lowest BCUT2D eigenvalue weighted by molar-refractivity contribution is -0.118. The Balaban J connectivity index is 1.15. The zero-order valence-corrected chi connectivity index (χ0v) is 19.9. The summed E-state index contributed by atoms with van der Waals surface area (Å²) in [6.07, 6.45) is 6.29. The first-order valence-electron chi connectivity index (χ1n) is 12.3. The van der Waals surface area contributed by atoms with Crippen molar-refractivity contribution in [2.75, 3.05) is 31.8 Å². The number of carbonyl (C=O) groups excluding carboxylic acids is 1. The molecule has 2 atom stereocenters. The van der Waals surface area contributed by atoms with E-state index in [1.165, 1.54) is 5.56 Å². The molecule has 2 aromatic carbocycles. The first-order valence-corrected chi connectivity index (χ1v) is 12.3. The molecule has 0 aliphatic carbocycles. The molecule has 3 aliphatic heterocycles. The fraction of sp³-hybridized carbons (Fsp3) is 0.407. The molecule has 0 unspecified atom stereocenters. The van der Waals surface area contributed by atoms with Gasteiger partial charge in [0.15, 0.2) is 11.5 Å². The number of carbonyl (C=O) groups is 1. The smallest absolute Gasteiger partial charge is 0.231 e. The molecule has 1 N–H and O–H groups in total. The maximum Gasteiger partial charge on any atom is 0.231 e. The molecule has 182 valence electrons. The number of fused-ring (bicyclic) bond motifs is 3. The molecule has 35 heavy (non-hydrogen) atoms. The second-order valence-electron chi connectivity index (χ2n) is 9.73. The Labute approximate surface area is 204 Å². The summed E-state index contributed by atoms with van der Waals surface area (Å²) in [7, 11) is 1.90. The van der Waals surface area contributed by atoms with Gasteiger partial charge in [-0.3, -0.25) is 14.4 Å². The first kappa shape index (κ1) is 22.0. The van der Waals surface area contributed by atoms with Gasteiger partial charge in [0.2, 0.25) is 12.7 Å². The summed E-state index contributed by atoms with van der Waals surface area (Å²) >= 11 is 0. The number of piperidine rings is 1. The lowest BCUT2D eigenvalue weighted by atomic mass is 9.81. The zero-order chi connectivity index (χ0) is 23.8. The third kappa shape index (κ3) is 4.71. The number of amides is 1. The van der Waals surface area contributed by atoms with E-state index in [0.717, 1.165) is 60.8 Å². The van der Waals surface area contributed by atoms with Crippen molar-refractivity contribution < 1.29 is 19.0 Å². The Morgan fingerprint density at radius 2 is 1.91 bits per heavy atom. The number of benzene rings is 2. The molecule has 1 saturated heterocycles. The number of aromatic nitrogens is 2. The summed E-state index contributed by atoms with van der Waals surface area (Å²) in [6.45, 7) is 3.72. The Morgan fingerprint density at radius 1 is 1.00 bits per heavy atom. The maximum atomic E-state index is 12.9. The third-order valence-corrected chi connectivity index (χ3v) is 7.31. The first-order chi connectivity index (χ1) is 17.1. The van der Waals surface area contributed by atoms with Crippen molar-refractivity contribution in [2.45, 2.75) is 25.8 Å². The predicted octanol–water partition coefficient (Wildman–Crippen LogP) is 4.07. The number of likely N-dealkylation sites (tertiary alicyclic amines) is 1. The van der Waals surface area contributed by atoms with Gasteiger partial charge in [0.1, 0.15) is 5.75 Å². The van der Waals surface area contributed by atoms with Gasteiger partial charge in [0.05, 0.1) is 18.5 Å². The Kier molecular flexibility index (Phi) is 5.82. The van der Waals surface area contributed by atoms with Gasteiger partial charge in [0.25, 0.3) is 0 Å². The van der Waals surface area contributed by atoms with Crippen LogP contribution in [0.5, 0.6) is 17.2 Å². The summed E-state index contributed by atoms with van der Waals surface area (Å²) in [5.41, 5.74) is 4.00. The van der Waals surface area contributed by atoms with E-state index in [-0.39, 0.29) is 5.91 Å². The monoisotopic (exact) mass is 474 g/mol. The second-order valence-corrected chi connectivity index (χ2v) is 9.73. The molecular weight excluding hydrogens is 444 g/mol. The van der Waals surface area contributed by atoms with Crippen LogP contribution in [0, 0.1) is 11.8 Å². The summed E-state index contributed by atoms with van der Waals surface area (Å²) in [5.74, 6) is 3.19. The van der Waals surface area contributed by atoms with Crippen molar-refractivity contribution in [1.29, 1.82) is 0 Å². The van der Waals surface area contributed by atoms with Crippen LogP contribution in [0.15, 0.2) is 48.8 Å². The average Bonchev–Trinajstić information content (AvgIpc) is 3.50. The van der Waals surface area contributed by atoms with Crippen molar-refractivity contribution >= 4 is 11.6 Å². The molecule has 0 spiro atoms. The van der Waals surface area contributed by atoms with Gasteiger partial charge in [0, 0.05) is 38.3 Å². The van der Waals surface area contributed by atoms with Gasteiger partial charge in [-0.15, -0.1) is 0 Å². The van der Waals surface area contributed by atoms with Crippen LogP contribution in [0.1, 0.15) is 24.8 Å². The molecule has 0 radical (unpaired) electrons. The number of rotatable bonds is 3. The summed E-state index contributed by atoms with van der Waals surface area (Å²) in [6, 6.07) is 12.1. The van der Waals surface area contributed by atoms with Crippen molar-refractivity contribution in [1.82, 2.24) is 14.7 Å². The van der Waals surface area contributed by atoms with E-state index in [9.17, 15) is 4.79 Å². The predicted molar refractivity (Wildman–Crippen MR) is 131 cm³/mol. The van der Waals surface area contributed by atoms with E-state index in [1.807, 2.05) is 43.7 Å². The van der Waals surface area contributed by atoms with E-state index >= 15 is 0 Å². The van der Waals surface area contributed by atoms with Gasteiger partial charge in [-0.05, 0) is 66.6 Å². The SMILES string of the molecule is Cn1cc(-c2ccc3c(c2)OCC[C@H]2CN(Cc4ccc5c(c4)OCO5)CC[C@H]2CC(=O)N3)cn1. The average molecular weight is 475 g/mol. The van der Waals surface area contributed by atoms with Crippen LogP contribution in [0.3, 0.4) is 0 Å². The highest BCUT2D eigenvalue weighted by Gasteiger charge is 2.32. The molecule has 1 amide bonds. The highest BCUT2D eigenvalue weighted by molar-refractivity contribution is 5.93. The minimum Gasteiger partial charge on any atom is -0.491 e. The van der Waals surface area contributed by atoms with E-state index in [2.05, 4.69) is 27.4 Å². The maximum absolute atomic E-state index is 12.9. The molecule has 3 aromatic rings. The fourth-order valence-corrected chi connectivity index (χ4v) is 5.45. The van der Waals surface area contributed by atoms with Crippen LogP contribution in [0.4, 0.5) is 5.69 Å². The van der Waals surface area contributed by atoms with Crippen LogP contribution in [0.2, 0.25) is 0 Å². The van der Waals surface area contributed by atoms with Crippen LogP contribution in [0.25, 0.3) is 11.1 Å². The highest BCUT2D eigenvalue weighted by atomic mass is 16.7. The molecule has 6 rings (SSSR count). The quantitative estimate of drug-likeness (QED) is 0.617. The normalized spacial score (nSPS) is 22.0. The highest BCUT2D eigenvalue weighted by Crippen LogP contribution is 2.36. The van der Waals surface area contributed by atoms with Crippen LogP contribution >= 0.6 is 0 Å². The summed E-state index contributed by atoms with van der Waals surface area (Å²) in [4.78, 5) is 15.4. The lowest BCUT2D eigenvalue weighted by Gasteiger charge is -2.39. The Hall–Kier alpha value is -3.52. The molecule has 1 fully saturated rings. The van der Waals surface area contributed by atoms with E-state index < -0.39 is 0 Å². The lowest BCUT2D eigenvalue weighted by Crippen LogP contribution is -2.42. The van der Waals surface area contributed by atoms with Gasteiger partial charge in [-0.1, -0.05) is 12.1 Å². The number of nitrogens with zero attached hydrogens (tertiary/aromatic N) is 3. The number of aryl methyl sites for hydroxylation is 1. The van der Waals surface area contributed by atoms with Crippen LogP contribution in [-0.4, -0.2) is 47.1 Å². The standard InChI is InChI=1S/C27H30N4O4/c1-30-15-22(13-28-30)19-3-4-23-25(11-19)33-9-7-21-16-31(8-6-20(21)12-27(32)29-23)14-18-2-5-24-26(10-18)35-17-34-24/h2-5,10-11,13,15,20-21H,6-9,12,14,16-17H2,1H3,(H,29,32)/t20-,21-/m0/s1. The zero-order valence-electron chi connectivity index (χ0n) is 19.9. The number of nitrogens with one attached hydrogen (secondary N) is 1. The Morgan fingerprint density at radius 3 is 2.80 bits per heavy atom. The molecule has 0 saturated carbocycles. The van der Waals surface area contributed by atoms with Gasteiger partial charge < -0.3 is 19.5 Å². The van der Waals surface area contributed by atoms with Crippen molar-refractivity contribution in [3.8, 4) is 28.4 Å². The molecule has 4 heterocycles. The number of hydrogen-bond acceptors (Lipinski definition) is 6. The van der Waals surface area contributed by atoms with Crippen molar-refractivity contribution in [2.24, 2.45) is 18.9 Å². The second kappa shape index (κ2) is 9.26. The molecule has 8 nitrogen and oxygen atoms in total. The minimum atomic E-state index is 0.0603. The molecule has 8 heteroatoms. The van der Waals surface area contributed by atoms with Crippen LogP contribution in [-0.2, 0) is 18.4 Å². The molecule has 0 bridgehead atoms. The third-order valence-electron chi connectivity index (χ3n) is 7.31. The van der Waals surface area contributed by atoms with E-state index in [0.29, 0.717) is 37.4 Å². The van der Waals surface area contributed by atoms with Gasteiger partial charge in [-0.25, -0.2) is 0 Å². The minimum absolute atomic E-state index is 0.0603. The fourth-order valence-electron chi connectivity index (χ4n) is 5.45. The summed E-state index contributed by atoms with van der Waals surface area (Å²) in [5, 5.41) is 7.36. The largest absolute Gasteiger partial charge is 0.491 e. The van der Waals surface area contributed by atoms with Gasteiger partial charge >= 0.3 is 0 Å². The van der Waals surface area contributed by atoms with Crippen LogP contribution < -0.4 is 19.5 Å². The molecule has 3 aliphatic rings. The van der Waals surface area contributed by atoms with E-state index in [4.69, 9.17) is 14.2 Å². The van der Waals surface area contributed by atoms with Crippen molar-refractivity contribution in [3.63, 3.8) is 0 Å². The van der Waals surface area contributed by atoms with E-state index in [1.54, 1.807) is 4.68 Å². The van der Waals surface area contributed by atoms with Gasteiger partial charge in [-0.2, -0.15) is 5.10 Å². The summed E-state index contributed by atoms with van der Waals surface area (Å²) < 4.78 is 19.0. The molecule has 1 aromatic heterocycles.